The van der Waals surface area contributed by atoms with Gasteiger partial charge in [-0.3, -0.25) is 4.98 Å². The molecule has 0 atom stereocenters. The highest BCUT2D eigenvalue weighted by molar-refractivity contribution is 5.87. The highest BCUT2D eigenvalue weighted by Gasteiger charge is 2.18. The number of fused-ring (bicyclic) bond motifs is 2. The van der Waals surface area contributed by atoms with E-state index in [9.17, 15) is 0 Å². The molecule has 1 aromatic heterocycles. The minimum Gasteiger partial charge on any atom is -0.493 e. The third kappa shape index (κ3) is 3.68. The normalized spacial score (nSPS) is 12.1. The number of hydrogen-bond donors (Lipinski definition) is 0. The Morgan fingerprint density at radius 1 is 0.839 bits per heavy atom. The van der Waals surface area contributed by atoms with Crippen LogP contribution in [0.2, 0.25) is 0 Å². The molecule has 1 aliphatic rings. The predicted molar refractivity (Wildman–Crippen MR) is 117 cm³/mol. The average molecular weight is 415 g/mol. The lowest BCUT2D eigenvalue weighted by atomic mass is 10.0. The van der Waals surface area contributed by atoms with Crippen LogP contribution in [0.25, 0.3) is 22.0 Å². The number of benzene rings is 3. The minimum absolute atomic E-state index is 0.232. The lowest BCUT2D eigenvalue weighted by Gasteiger charge is -2.16. The lowest BCUT2D eigenvalue weighted by molar-refractivity contribution is 0.174. The number of rotatable bonds is 6. The van der Waals surface area contributed by atoms with Gasteiger partial charge in [0.05, 0.1) is 19.7 Å². The fourth-order valence-corrected chi connectivity index (χ4v) is 3.61. The Bertz CT molecular complexity index is 1240. The van der Waals surface area contributed by atoms with Gasteiger partial charge in [-0.2, -0.15) is 0 Å². The van der Waals surface area contributed by atoms with Gasteiger partial charge < -0.3 is 23.7 Å². The van der Waals surface area contributed by atoms with Crippen LogP contribution in [0.5, 0.6) is 28.7 Å². The number of hydrogen-bond acceptors (Lipinski definition) is 6. The Kier molecular flexibility index (Phi) is 4.96. The van der Waals surface area contributed by atoms with Crippen molar-refractivity contribution in [3.05, 3.63) is 72.4 Å². The van der Waals surface area contributed by atoms with E-state index in [0.717, 1.165) is 39.1 Å². The summed E-state index contributed by atoms with van der Waals surface area (Å²) in [4.78, 5) is 4.61. The molecule has 0 spiro atoms. The molecule has 2 heterocycles. The number of pyridine rings is 1. The van der Waals surface area contributed by atoms with Crippen LogP contribution in [-0.4, -0.2) is 26.0 Å². The summed E-state index contributed by atoms with van der Waals surface area (Å²) in [6.07, 6.45) is 1.83. The van der Waals surface area contributed by atoms with Crippen LogP contribution in [0.1, 0.15) is 5.56 Å². The molecule has 6 nitrogen and oxygen atoms in total. The second-order valence-corrected chi connectivity index (χ2v) is 7.11. The monoisotopic (exact) mass is 415 g/mol. The summed E-state index contributed by atoms with van der Waals surface area (Å²) in [5.74, 6) is 3.20. The lowest BCUT2D eigenvalue weighted by Crippen LogP contribution is -2.00. The summed E-state index contributed by atoms with van der Waals surface area (Å²) in [6.45, 7) is 0.652. The van der Waals surface area contributed by atoms with Crippen molar-refractivity contribution in [2.45, 2.75) is 6.61 Å². The summed E-state index contributed by atoms with van der Waals surface area (Å²) in [5.41, 5.74) is 3.75. The number of nitrogens with zero attached hydrogens (tertiary/aromatic N) is 1. The maximum absolute atomic E-state index is 6.10. The summed E-state index contributed by atoms with van der Waals surface area (Å²) in [6, 6.07) is 19.8. The van der Waals surface area contributed by atoms with Gasteiger partial charge >= 0.3 is 0 Å². The maximum atomic E-state index is 6.10. The van der Waals surface area contributed by atoms with Gasteiger partial charge in [-0.15, -0.1) is 0 Å². The summed E-state index contributed by atoms with van der Waals surface area (Å²) in [7, 11) is 3.22. The SMILES string of the molecule is COc1cc(-c2cnc3cc4c(cc3c2)OCO4)cc(OCc2ccccc2)c1OC. The third-order valence-corrected chi connectivity index (χ3v) is 5.19. The van der Waals surface area contributed by atoms with Crippen molar-refractivity contribution < 1.29 is 23.7 Å². The first-order valence-electron chi connectivity index (χ1n) is 9.87. The van der Waals surface area contributed by atoms with Crippen molar-refractivity contribution in [1.29, 1.82) is 0 Å². The van der Waals surface area contributed by atoms with Gasteiger partial charge in [-0.05, 0) is 35.4 Å². The highest BCUT2D eigenvalue weighted by Crippen LogP contribution is 2.42. The van der Waals surface area contributed by atoms with Gasteiger partial charge in [-0.1, -0.05) is 30.3 Å². The van der Waals surface area contributed by atoms with E-state index in [1.807, 2.05) is 60.8 Å². The first kappa shape index (κ1) is 19.1. The molecule has 5 rings (SSSR count). The summed E-state index contributed by atoms with van der Waals surface area (Å²) >= 11 is 0. The Morgan fingerprint density at radius 2 is 1.61 bits per heavy atom. The predicted octanol–water partition coefficient (Wildman–Crippen LogP) is 5.23. The van der Waals surface area contributed by atoms with Crippen LogP contribution in [0.15, 0.2) is 66.9 Å². The third-order valence-electron chi connectivity index (χ3n) is 5.19. The smallest absolute Gasteiger partial charge is 0.231 e. The fourth-order valence-electron chi connectivity index (χ4n) is 3.61. The Balaban J connectivity index is 1.54. The van der Waals surface area contributed by atoms with Crippen LogP contribution < -0.4 is 23.7 Å². The largest absolute Gasteiger partial charge is 0.493 e. The zero-order valence-corrected chi connectivity index (χ0v) is 17.3. The standard InChI is InChI=1S/C25H21NO5/c1-27-23-9-17(10-24(25(23)28-2)29-14-16-6-4-3-5-7-16)19-8-18-11-21-22(31-15-30-21)12-20(18)26-13-19/h3-13H,14-15H2,1-2H3. The Labute approximate surface area is 179 Å². The maximum Gasteiger partial charge on any atom is 0.231 e. The van der Waals surface area contributed by atoms with E-state index in [1.54, 1.807) is 14.2 Å². The first-order chi connectivity index (χ1) is 15.2. The highest BCUT2D eigenvalue weighted by atomic mass is 16.7. The van der Waals surface area contributed by atoms with Crippen molar-refractivity contribution in [3.8, 4) is 39.9 Å². The molecule has 0 saturated carbocycles. The molecule has 3 aromatic carbocycles. The van der Waals surface area contributed by atoms with Gasteiger partial charge in [0.25, 0.3) is 0 Å². The van der Waals surface area contributed by atoms with Gasteiger partial charge in [0.1, 0.15) is 6.61 Å². The van der Waals surface area contributed by atoms with Crippen LogP contribution in [-0.2, 0) is 6.61 Å². The number of ether oxygens (including phenoxy) is 5. The van der Waals surface area contributed by atoms with Crippen molar-refractivity contribution in [1.82, 2.24) is 4.98 Å². The van der Waals surface area contributed by atoms with E-state index >= 15 is 0 Å². The quantitative estimate of drug-likeness (QED) is 0.430. The van der Waals surface area contributed by atoms with Gasteiger partial charge in [-0.25, -0.2) is 0 Å². The molecule has 0 saturated heterocycles. The molecule has 6 heteroatoms. The molecular weight excluding hydrogens is 394 g/mol. The first-order valence-corrected chi connectivity index (χ1v) is 9.87. The number of methoxy groups -OCH3 is 2. The molecule has 4 aromatic rings. The van der Waals surface area contributed by atoms with E-state index in [1.165, 1.54) is 0 Å². The van der Waals surface area contributed by atoms with Crippen LogP contribution in [0.3, 0.4) is 0 Å². The van der Waals surface area contributed by atoms with Crippen molar-refractivity contribution in [3.63, 3.8) is 0 Å². The van der Waals surface area contributed by atoms with E-state index in [-0.39, 0.29) is 6.79 Å². The molecule has 0 N–H and O–H groups in total. The van der Waals surface area contributed by atoms with Crippen molar-refractivity contribution in [2.75, 3.05) is 21.0 Å². The summed E-state index contributed by atoms with van der Waals surface area (Å²) < 4.78 is 28.2. The second kappa shape index (κ2) is 8.07. The van der Waals surface area contributed by atoms with E-state index < -0.39 is 0 Å². The van der Waals surface area contributed by atoms with E-state index in [4.69, 9.17) is 23.7 Å². The molecule has 0 bridgehead atoms. The van der Waals surface area contributed by atoms with Crippen molar-refractivity contribution in [2.24, 2.45) is 0 Å². The summed E-state index contributed by atoms with van der Waals surface area (Å²) in [5, 5.41) is 0.961. The van der Waals surface area contributed by atoms with Crippen LogP contribution >= 0.6 is 0 Å². The molecule has 1 aliphatic heterocycles. The van der Waals surface area contributed by atoms with Gasteiger partial charge in [0.15, 0.2) is 23.0 Å². The molecular formula is C25H21NO5. The second-order valence-electron chi connectivity index (χ2n) is 7.11. The zero-order chi connectivity index (χ0) is 21.2. The molecule has 0 unspecified atom stereocenters. The minimum atomic E-state index is 0.232. The van der Waals surface area contributed by atoms with E-state index in [0.29, 0.717) is 23.9 Å². The van der Waals surface area contributed by atoms with Crippen molar-refractivity contribution >= 4 is 10.9 Å². The zero-order valence-electron chi connectivity index (χ0n) is 17.3. The van der Waals surface area contributed by atoms with Gasteiger partial charge in [0, 0.05) is 23.2 Å². The van der Waals surface area contributed by atoms with Gasteiger partial charge in [0.2, 0.25) is 12.5 Å². The number of aromatic nitrogens is 1. The molecule has 0 fully saturated rings. The van der Waals surface area contributed by atoms with Crippen LogP contribution in [0.4, 0.5) is 0 Å². The Morgan fingerprint density at radius 3 is 2.39 bits per heavy atom. The molecule has 31 heavy (non-hydrogen) atoms. The average Bonchev–Trinajstić information content (AvgIpc) is 3.28. The van der Waals surface area contributed by atoms with Crippen LogP contribution in [0, 0.1) is 0 Å². The molecule has 156 valence electrons. The molecule has 0 aliphatic carbocycles. The topological polar surface area (TPSA) is 59.0 Å². The van der Waals surface area contributed by atoms with E-state index in [2.05, 4.69) is 11.1 Å². The molecule has 0 radical (unpaired) electrons. The fraction of sp³-hybridized carbons (Fsp3) is 0.160. The molecule has 0 amide bonds. The Hall–Kier alpha value is -3.93.